The predicted molar refractivity (Wildman–Crippen MR) is 31.8 cm³/mol. The molecule has 0 spiro atoms. The molecule has 2 radical (unpaired) electrons. The van der Waals surface area contributed by atoms with Crippen LogP contribution >= 0.6 is 0 Å². The second-order valence-corrected chi connectivity index (χ2v) is 1.44. The zero-order chi connectivity index (χ0) is 5.82. The molecule has 0 N–H and O–H groups in total. The molecule has 0 fully saturated rings. The quantitative estimate of drug-likeness (QED) is 0.564. The topological polar surface area (TPSA) is 9.23 Å². The van der Waals surface area contributed by atoms with Gasteiger partial charge in [0.05, 0.1) is 7.11 Å². The van der Waals surface area contributed by atoms with Gasteiger partial charge in [0.25, 0.3) is 0 Å². The largest absolute Gasteiger partial charge is 1.00 e. The van der Waals surface area contributed by atoms with E-state index in [1.54, 1.807) is 13.2 Å². The summed E-state index contributed by atoms with van der Waals surface area (Å²) in [6.07, 6.45) is 0. The summed E-state index contributed by atoms with van der Waals surface area (Å²) in [7, 11) is 1.64. The maximum Gasteiger partial charge on any atom is 1.00 e. The second kappa shape index (κ2) is 7.35. The monoisotopic (exact) mass is 344 g/mol. The minimum atomic E-state index is 0. The molecule has 0 aliphatic rings. The van der Waals surface area contributed by atoms with Crippen LogP contribution in [0.4, 0.5) is 0 Å². The van der Waals surface area contributed by atoms with Gasteiger partial charge in [0.2, 0.25) is 0 Å². The van der Waals surface area contributed by atoms with Crippen LogP contribution in [0.1, 0.15) is 0 Å². The van der Waals surface area contributed by atoms with Gasteiger partial charge in [-0.2, -0.15) is 0 Å². The van der Waals surface area contributed by atoms with Crippen molar-refractivity contribution >= 4 is 0 Å². The molecule has 0 amide bonds. The van der Waals surface area contributed by atoms with E-state index in [9.17, 15) is 0 Å². The van der Waals surface area contributed by atoms with E-state index in [4.69, 9.17) is 4.74 Å². The van der Waals surface area contributed by atoms with E-state index in [-0.39, 0.29) is 40.1 Å². The van der Waals surface area contributed by atoms with Crippen LogP contribution in [0.2, 0.25) is 0 Å². The first-order valence-electron chi connectivity index (χ1n) is 2.43. The molecule has 0 aliphatic heterocycles. The van der Waals surface area contributed by atoms with Crippen LogP contribution in [-0.4, -0.2) is 7.11 Å². The van der Waals surface area contributed by atoms with Gasteiger partial charge in [-0.15, -0.1) is 0 Å². The number of rotatable bonds is 1. The summed E-state index contributed by atoms with van der Waals surface area (Å²) in [4.78, 5) is 0. The van der Waals surface area contributed by atoms with Crippen LogP contribution in [0.25, 0.3) is 0 Å². The summed E-state index contributed by atoms with van der Waals surface area (Å²) in [6.45, 7) is 0. The standard InChI is InChI=1S/C7H7O.ClH.Hg/c1-8-7-5-3-2-4-6-7;;/h2-3,5-6H,1H3;1H;/q;;+1/p-1. The van der Waals surface area contributed by atoms with E-state index in [0.29, 0.717) is 0 Å². The molecule has 0 heterocycles. The van der Waals surface area contributed by atoms with Crippen LogP contribution < -0.4 is 17.1 Å². The molecular weight excluding hydrogens is 336 g/mol. The van der Waals surface area contributed by atoms with Crippen LogP contribution in [0.5, 0.6) is 5.75 Å². The van der Waals surface area contributed by atoms with Crippen molar-refractivity contribution in [2.75, 3.05) is 7.11 Å². The first-order chi connectivity index (χ1) is 3.93. The maximum absolute atomic E-state index is 4.88. The Labute approximate surface area is 87.7 Å². The molecular formula is C7H7ClHgO. The Balaban J connectivity index is 0. The molecule has 1 aromatic rings. The molecule has 0 saturated carbocycles. The summed E-state index contributed by atoms with van der Waals surface area (Å²) in [5.41, 5.74) is 0. The fraction of sp³-hybridized carbons (Fsp3) is 0.143. The van der Waals surface area contributed by atoms with Crippen LogP contribution in [0.3, 0.4) is 0 Å². The van der Waals surface area contributed by atoms with E-state index >= 15 is 0 Å². The zero-order valence-corrected chi connectivity index (χ0v) is 12.1. The normalized spacial score (nSPS) is 6.90. The maximum atomic E-state index is 4.88. The van der Waals surface area contributed by atoms with Crippen molar-refractivity contribution in [3.8, 4) is 5.75 Å². The first-order valence-corrected chi connectivity index (χ1v) is 2.43. The van der Waals surface area contributed by atoms with Gasteiger partial charge in [0.1, 0.15) is 5.75 Å². The molecule has 1 nitrogen and oxygen atoms in total. The van der Waals surface area contributed by atoms with Crippen molar-refractivity contribution in [1.29, 1.82) is 0 Å². The Morgan fingerprint density at radius 3 is 2.50 bits per heavy atom. The Morgan fingerprint density at radius 1 is 1.50 bits per heavy atom. The number of benzene rings is 1. The van der Waals surface area contributed by atoms with E-state index in [2.05, 4.69) is 6.07 Å². The van der Waals surface area contributed by atoms with Gasteiger partial charge in [-0.3, -0.25) is 0 Å². The third-order valence-corrected chi connectivity index (χ3v) is 0.914. The fourth-order valence-electron chi connectivity index (χ4n) is 0.504. The molecule has 1 rings (SSSR count). The average molecular weight is 343 g/mol. The van der Waals surface area contributed by atoms with E-state index in [1.807, 2.05) is 18.2 Å². The van der Waals surface area contributed by atoms with Crippen molar-refractivity contribution in [2.24, 2.45) is 0 Å². The summed E-state index contributed by atoms with van der Waals surface area (Å²) < 4.78 is 4.88. The zero-order valence-electron chi connectivity index (χ0n) is 5.80. The van der Waals surface area contributed by atoms with E-state index < -0.39 is 0 Å². The third kappa shape index (κ3) is 4.12. The number of methoxy groups -OCH3 is 1. The van der Waals surface area contributed by atoms with Crippen LogP contribution in [0.15, 0.2) is 24.3 Å². The first kappa shape index (κ1) is 12.9. The smallest absolute Gasteiger partial charge is 1.00 e. The van der Waals surface area contributed by atoms with Crippen molar-refractivity contribution in [1.82, 2.24) is 0 Å². The summed E-state index contributed by atoms with van der Waals surface area (Å²) in [5.74, 6) is 0.854. The van der Waals surface area contributed by atoms with Gasteiger partial charge in [-0.25, -0.2) is 0 Å². The Bertz CT molecular complexity index is 155. The van der Waals surface area contributed by atoms with Gasteiger partial charge in [0, 0.05) is 0 Å². The summed E-state index contributed by atoms with van der Waals surface area (Å²) >= 11 is 0. The minimum Gasteiger partial charge on any atom is -1.00 e. The minimum absolute atomic E-state index is 0. The molecule has 0 saturated heterocycles. The van der Waals surface area contributed by atoms with Crippen LogP contribution in [0, 0.1) is 6.07 Å². The van der Waals surface area contributed by atoms with Gasteiger partial charge in [-0.05, 0) is 18.2 Å². The molecule has 1 aromatic carbocycles. The number of hydrogen-bond donors (Lipinski definition) is 0. The number of halogens is 1. The van der Waals surface area contributed by atoms with Gasteiger partial charge in [-0.1, -0.05) is 12.1 Å². The summed E-state index contributed by atoms with van der Waals surface area (Å²) in [5, 5.41) is 0. The second-order valence-electron chi connectivity index (χ2n) is 1.44. The average Bonchev–Trinajstić information content (AvgIpc) is 1.90. The molecule has 0 aromatic heterocycles. The SMILES string of the molecule is COc1c[c]ccc1.[Cl-].[Hg+]. The molecule has 0 aliphatic carbocycles. The molecule has 50 valence electrons. The Hall–Kier alpha value is 0.245. The van der Waals surface area contributed by atoms with Crippen molar-refractivity contribution in [3.63, 3.8) is 0 Å². The van der Waals surface area contributed by atoms with Crippen LogP contribution in [-0.2, 0) is 27.7 Å². The fourth-order valence-corrected chi connectivity index (χ4v) is 0.504. The Kier molecular flexibility index (Phi) is 9.47. The van der Waals surface area contributed by atoms with Crippen molar-refractivity contribution in [2.45, 2.75) is 0 Å². The number of ether oxygens (including phenoxy) is 1. The number of hydrogen-bond acceptors (Lipinski definition) is 1. The molecule has 0 unspecified atom stereocenters. The van der Waals surface area contributed by atoms with E-state index in [0.717, 1.165) is 5.75 Å². The molecule has 0 bridgehead atoms. The van der Waals surface area contributed by atoms with Gasteiger partial charge >= 0.3 is 27.7 Å². The van der Waals surface area contributed by atoms with Crippen molar-refractivity contribution < 1.29 is 44.8 Å². The van der Waals surface area contributed by atoms with Gasteiger partial charge < -0.3 is 17.1 Å². The third-order valence-electron chi connectivity index (χ3n) is 0.914. The summed E-state index contributed by atoms with van der Waals surface area (Å²) in [6, 6.07) is 10.3. The molecule has 3 heteroatoms. The predicted octanol–water partition coefficient (Wildman–Crippen LogP) is -1.50. The van der Waals surface area contributed by atoms with Crippen molar-refractivity contribution in [3.05, 3.63) is 30.3 Å². The van der Waals surface area contributed by atoms with E-state index in [1.165, 1.54) is 0 Å². The van der Waals surface area contributed by atoms with Gasteiger partial charge in [0.15, 0.2) is 0 Å². The Morgan fingerprint density at radius 2 is 2.20 bits per heavy atom. The molecule has 10 heavy (non-hydrogen) atoms. The molecule has 0 atom stereocenters.